The third-order valence-corrected chi connectivity index (χ3v) is 5.58. The summed E-state index contributed by atoms with van der Waals surface area (Å²) in [5.74, 6) is -4.75. The van der Waals surface area contributed by atoms with Crippen molar-refractivity contribution < 1.29 is 34.2 Å². The van der Waals surface area contributed by atoms with E-state index in [9.17, 15) is 24.0 Å². The minimum absolute atomic E-state index is 0.175. The van der Waals surface area contributed by atoms with Crippen LogP contribution in [0.25, 0.3) is 0 Å². The predicted octanol–water partition coefficient (Wildman–Crippen LogP) is -0.944. The third kappa shape index (κ3) is 10.7. The monoisotopic (exact) mass is 480 g/mol. The largest absolute Gasteiger partial charge is 0.481 e. The average molecular weight is 481 g/mol. The molecule has 11 nitrogen and oxygen atoms in total. The molecular formula is C18H32N4O7S2. The maximum absolute atomic E-state index is 12.8. The number of carbonyl (C=O) groups excluding carboxylic acids is 3. The van der Waals surface area contributed by atoms with E-state index < -0.39 is 60.2 Å². The Morgan fingerprint density at radius 2 is 1.58 bits per heavy atom. The Kier molecular flexibility index (Phi) is 14.0. The summed E-state index contributed by atoms with van der Waals surface area (Å²) in [5, 5.41) is 25.0. The van der Waals surface area contributed by atoms with Crippen LogP contribution in [0.2, 0.25) is 0 Å². The molecule has 0 aliphatic heterocycles. The highest BCUT2D eigenvalue weighted by atomic mass is 32.2. The number of rotatable bonds is 15. The maximum atomic E-state index is 12.8. The van der Waals surface area contributed by atoms with Crippen LogP contribution in [0.4, 0.5) is 0 Å². The lowest BCUT2D eigenvalue weighted by Gasteiger charge is -2.27. The van der Waals surface area contributed by atoms with Crippen molar-refractivity contribution in [2.75, 3.05) is 17.8 Å². The van der Waals surface area contributed by atoms with E-state index in [1.54, 1.807) is 6.92 Å². The molecule has 0 bridgehead atoms. The summed E-state index contributed by atoms with van der Waals surface area (Å²) in [6.07, 6.45) is 2.04. The van der Waals surface area contributed by atoms with E-state index in [0.29, 0.717) is 18.6 Å². The molecule has 0 aliphatic carbocycles. The topological polar surface area (TPSA) is 188 Å². The second-order valence-corrected chi connectivity index (χ2v) is 8.35. The highest BCUT2D eigenvalue weighted by Crippen LogP contribution is 2.10. The highest BCUT2D eigenvalue weighted by Gasteiger charge is 2.32. The molecule has 178 valence electrons. The number of hydrogen-bond donors (Lipinski definition) is 7. The van der Waals surface area contributed by atoms with E-state index in [-0.39, 0.29) is 11.7 Å². The second kappa shape index (κ2) is 14.9. The zero-order valence-electron chi connectivity index (χ0n) is 17.8. The van der Waals surface area contributed by atoms with Gasteiger partial charge in [-0.05, 0) is 24.3 Å². The van der Waals surface area contributed by atoms with Gasteiger partial charge in [0.2, 0.25) is 17.7 Å². The average Bonchev–Trinajstić information content (AvgIpc) is 2.71. The zero-order chi connectivity index (χ0) is 24.1. The minimum Gasteiger partial charge on any atom is -0.481 e. The summed E-state index contributed by atoms with van der Waals surface area (Å²) in [6.45, 7) is 3.58. The van der Waals surface area contributed by atoms with Crippen molar-refractivity contribution >= 4 is 54.1 Å². The molecule has 0 spiro atoms. The van der Waals surface area contributed by atoms with Crippen molar-refractivity contribution in [2.45, 2.75) is 57.3 Å². The SMILES string of the molecule is CCC(C)C(NC(=O)C(N)CCSC)C(=O)NC(CS)C(=O)NC(CC(=O)O)C(=O)O. The van der Waals surface area contributed by atoms with E-state index in [2.05, 4.69) is 28.6 Å². The van der Waals surface area contributed by atoms with Gasteiger partial charge >= 0.3 is 11.9 Å². The lowest BCUT2D eigenvalue weighted by atomic mass is 9.97. The number of nitrogens with one attached hydrogen (secondary N) is 3. The Hall–Kier alpha value is -1.99. The second-order valence-electron chi connectivity index (χ2n) is 7.00. The number of thioether (sulfide) groups is 1. The van der Waals surface area contributed by atoms with Crippen LogP contribution in [0.15, 0.2) is 0 Å². The first kappa shape index (κ1) is 29.0. The molecule has 5 unspecified atom stereocenters. The third-order valence-electron chi connectivity index (χ3n) is 4.57. The van der Waals surface area contributed by atoms with E-state index in [1.807, 2.05) is 13.2 Å². The number of carboxylic acids is 2. The molecule has 3 amide bonds. The van der Waals surface area contributed by atoms with Crippen LogP contribution in [0.1, 0.15) is 33.1 Å². The number of thiol groups is 1. The molecular weight excluding hydrogens is 448 g/mol. The molecule has 0 aromatic heterocycles. The number of carboxylic acid groups (broad SMARTS) is 2. The molecule has 0 aromatic rings. The van der Waals surface area contributed by atoms with Crippen LogP contribution >= 0.6 is 24.4 Å². The molecule has 0 saturated heterocycles. The van der Waals surface area contributed by atoms with Gasteiger partial charge in [0.1, 0.15) is 18.1 Å². The maximum Gasteiger partial charge on any atom is 0.326 e. The minimum atomic E-state index is -1.66. The number of nitrogens with two attached hydrogens (primary N) is 1. The molecule has 0 radical (unpaired) electrons. The first-order valence-corrected chi connectivity index (χ1v) is 11.7. The van der Waals surface area contributed by atoms with Crippen molar-refractivity contribution in [3.63, 3.8) is 0 Å². The number of carbonyl (C=O) groups is 5. The van der Waals surface area contributed by atoms with E-state index in [4.69, 9.17) is 15.9 Å². The van der Waals surface area contributed by atoms with Crippen molar-refractivity contribution in [2.24, 2.45) is 11.7 Å². The van der Waals surface area contributed by atoms with Gasteiger partial charge in [-0.25, -0.2) is 4.79 Å². The van der Waals surface area contributed by atoms with Crippen molar-refractivity contribution in [1.29, 1.82) is 0 Å². The van der Waals surface area contributed by atoms with Gasteiger partial charge in [-0.1, -0.05) is 20.3 Å². The number of aliphatic carboxylic acids is 2. The van der Waals surface area contributed by atoms with Gasteiger partial charge in [-0.2, -0.15) is 24.4 Å². The predicted molar refractivity (Wildman–Crippen MR) is 120 cm³/mol. The first-order chi connectivity index (χ1) is 14.5. The summed E-state index contributed by atoms with van der Waals surface area (Å²) in [4.78, 5) is 59.5. The molecule has 5 atom stereocenters. The molecule has 0 fully saturated rings. The van der Waals surface area contributed by atoms with Crippen molar-refractivity contribution in [3.05, 3.63) is 0 Å². The quantitative estimate of drug-likeness (QED) is 0.145. The molecule has 0 saturated carbocycles. The van der Waals surface area contributed by atoms with Crippen LogP contribution in [-0.4, -0.2) is 81.8 Å². The van der Waals surface area contributed by atoms with Crippen LogP contribution in [0.3, 0.4) is 0 Å². The van der Waals surface area contributed by atoms with Gasteiger partial charge < -0.3 is 31.9 Å². The lowest BCUT2D eigenvalue weighted by molar-refractivity contribution is -0.147. The fraction of sp³-hybridized carbons (Fsp3) is 0.722. The van der Waals surface area contributed by atoms with Crippen LogP contribution < -0.4 is 21.7 Å². The van der Waals surface area contributed by atoms with Crippen molar-refractivity contribution in [3.8, 4) is 0 Å². The van der Waals surface area contributed by atoms with Gasteiger partial charge in [0.05, 0.1) is 12.5 Å². The molecule has 0 aromatic carbocycles. The molecule has 0 heterocycles. The summed E-state index contributed by atoms with van der Waals surface area (Å²) in [6, 6.07) is -4.66. The molecule has 0 rings (SSSR count). The molecule has 31 heavy (non-hydrogen) atoms. The first-order valence-electron chi connectivity index (χ1n) is 9.69. The Labute approximate surface area is 191 Å². The molecule has 0 aliphatic rings. The van der Waals surface area contributed by atoms with Crippen LogP contribution in [-0.2, 0) is 24.0 Å². The summed E-state index contributed by atoms with van der Waals surface area (Å²) >= 11 is 5.55. The van der Waals surface area contributed by atoms with Gasteiger partial charge in [0, 0.05) is 5.75 Å². The van der Waals surface area contributed by atoms with Gasteiger partial charge in [-0.3, -0.25) is 19.2 Å². The Bertz CT molecular complexity index is 650. The fourth-order valence-electron chi connectivity index (χ4n) is 2.44. The fourth-order valence-corrected chi connectivity index (χ4v) is 3.19. The number of hydrogen-bond acceptors (Lipinski definition) is 8. The van der Waals surface area contributed by atoms with Crippen molar-refractivity contribution in [1.82, 2.24) is 16.0 Å². The zero-order valence-corrected chi connectivity index (χ0v) is 19.5. The summed E-state index contributed by atoms with van der Waals surface area (Å²) in [7, 11) is 0. The van der Waals surface area contributed by atoms with E-state index >= 15 is 0 Å². The van der Waals surface area contributed by atoms with Gasteiger partial charge in [-0.15, -0.1) is 0 Å². The number of amides is 3. The van der Waals surface area contributed by atoms with Gasteiger partial charge in [0.25, 0.3) is 0 Å². The van der Waals surface area contributed by atoms with E-state index in [0.717, 1.165) is 0 Å². The summed E-state index contributed by atoms with van der Waals surface area (Å²) in [5.41, 5.74) is 5.85. The smallest absolute Gasteiger partial charge is 0.326 e. The Morgan fingerprint density at radius 1 is 1.00 bits per heavy atom. The van der Waals surface area contributed by atoms with Gasteiger partial charge in [0.15, 0.2) is 0 Å². The summed E-state index contributed by atoms with van der Waals surface area (Å²) < 4.78 is 0. The molecule has 7 N–H and O–H groups in total. The van der Waals surface area contributed by atoms with Crippen LogP contribution in [0.5, 0.6) is 0 Å². The lowest BCUT2D eigenvalue weighted by Crippen LogP contribution is -2.59. The van der Waals surface area contributed by atoms with Crippen LogP contribution in [0, 0.1) is 5.92 Å². The highest BCUT2D eigenvalue weighted by molar-refractivity contribution is 7.98. The molecule has 13 heteroatoms. The normalized spacial score (nSPS) is 15.6. The Balaban J connectivity index is 5.26. The standard InChI is InChI=1S/C18H32N4O7S2/c1-4-9(2)14(22-15(25)10(19)5-6-31-3)17(27)21-12(8-30)16(26)20-11(18(28)29)7-13(23)24/h9-12,14,30H,4-8,19H2,1-3H3,(H,20,26)(H,21,27)(H,22,25)(H,23,24)(H,28,29). The Morgan fingerprint density at radius 3 is 2.03 bits per heavy atom. The van der Waals surface area contributed by atoms with E-state index in [1.165, 1.54) is 11.8 Å².